The van der Waals surface area contributed by atoms with Crippen molar-refractivity contribution in [2.75, 3.05) is 45.9 Å². The van der Waals surface area contributed by atoms with Crippen molar-refractivity contribution in [2.45, 2.75) is 31.5 Å². The molecule has 0 bridgehead atoms. The summed E-state index contributed by atoms with van der Waals surface area (Å²) in [6.07, 6.45) is -3.12. The summed E-state index contributed by atoms with van der Waals surface area (Å²) in [5.74, 6) is -0.349. The highest BCUT2D eigenvalue weighted by Gasteiger charge is 2.51. The second kappa shape index (κ2) is 6.78. The van der Waals surface area contributed by atoms with Crippen molar-refractivity contribution >= 4 is 11.9 Å². The van der Waals surface area contributed by atoms with Crippen LogP contribution in [0.2, 0.25) is 0 Å². The highest BCUT2D eigenvalue weighted by Crippen LogP contribution is 2.35. The fourth-order valence-electron chi connectivity index (χ4n) is 3.53. The highest BCUT2D eigenvalue weighted by molar-refractivity contribution is 5.81. The summed E-state index contributed by atoms with van der Waals surface area (Å²) >= 11 is 0. The molecule has 0 aromatic rings. The van der Waals surface area contributed by atoms with Crippen LogP contribution in [0.5, 0.6) is 0 Å². The largest absolute Gasteiger partial charge is 0.408 e. The molecule has 3 saturated heterocycles. The van der Waals surface area contributed by atoms with Gasteiger partial charge >= 0.3 is 12.2 Å². The standard InChI is InChI=1S/C15H22F3N3O3/c16-15(17,18)12-3-5-21(12)14(23)20-4-1-2-11(10-20)13(22)19-6-8-24-9-7-19/h11-12H,1-10H2. The van der Waals surface area contributed by atoms with Crippen LogP contribution in [-0.4, -0.2) is 84.8 Å². The Bertz CT molecular complexity index is 494. The molecular formula is C15H22F3N3O3. The van der Waals surface area contributed by atoms with Gasteiger partial charge in [-0.2, -0.15) is 13.2 Å². The number of amides is 3. The fourth-order valence-corrected chi connectivity index (χ4v) is 3.53. The Morgan fingerprint density at radius 3 is 2.25 bits per heavy atom. The molecule has 24 heavy (non-hydrogen) atoms. The molecule has 3 amide bonds. The molecular weight excluding hydrogens is 327 g/mol. The Balaban J connectivity index is 1.59. The van der Waals surface area contributed by atoms with E-state index in [1.165, 1.54) is 4.90 Å². The van der Waals surface area contributed by atoms with Gasteiger partial charge in [0.05, 0.1) is 19.1 Å². The Hall–Kier alpha value is -1.51. The first-order valence-corrected chi connectivity index (χ1v) is 8.36. The average Bonchev–Trinajstić information content (AvgIpc) is 2.52. The third-order valence-corrected chi connectivity index (χ3v) is 5.01. The molecule has 2 unspecified atom stereocenters. The minimum atomic E-state index is -4.38. The molecule has 0 aromatic heterocycles. The minimum Gasteiger partial charge on any atom is -0.378 e. The van der Waals surface area contributed by atoms with Gasteiger partial charge in [0.15, 0.2) is 0 Å². The smallest absolute Gasteiger partial charge is 0.378 e. The van der Waals surface area contributed by atoms with E-state index in [4.69, 9.17) is 4.74 Å². The van der Waals surface area contributed by atoms with Crippen molar-refractivity contribution in [3.05, 3.63) is 0 Å². The van der Waals surface area contributed by atoms with Crippen molar-refractivity contribution in [2.24, 2.45) is 5.92 Å². The quantitative estimate of drug-likeness (QED) is 0.717. The summed E-state index contributed by atoms with van der Waals surface area (Å²) in [7, 11) is 0. The van der Waals surface area contributed by atoms with Crippen molar-refractivity contribution in [1.82, 2.24) is 14.7 Å². The molecule has 0 radical (unpaired) electrons. The highest BCUT2D eigenvalue weighted by atomic mass is 19.4. The molecule has 3 aliphatic heterocycles. The van der Waals surface area contributed by atoms with Gasteiger partial charge in [0.2, 0.25) is 5.91 Å². The number of hydrogen-bond donors (Lipinski definition) is 0. The zero-order valence-electron chi connectivity index (χ0n) is 13.4. The van der Waals surface area contributed by atoms with Crippen LogP contribution in [0.4, 0.5) is 18.0 Å². The lowest BCUT2D eigenvalue weighted by molar-refractivity contribution is -0.200. The molecule has 6 nitrogen and oxygen atoms in total. The first kappa shape index (κ1) is 17.3. The average molecular weight is 349 g/mol. The molecule has 0 aromatic carbocycles. The molecule has 0 saturated carbocycles. The van der Waals surface area contributed by atoms with Gasteiger partial charge in [-0.3, -0.25) is 4.79 Å². The molecule has 3 heterocycles. The second-order valence-electron chi connectivity index (χ2n) is 6.54. The normalized spacial score (nSPS) is 28.5. The summed E-state index contributed by atoms with van der Waals surface area (Å²) in [5, 5.41) is 0. The molecule has 0 aliphatic carbocycles. The lowest BCUT2D eigenvalue weighted by atomic mass is 9.96. The zero-order chi connectivity index (χ0) is 17.3. The molecule has 0 N–H and O–H groups in total. The van der Waals surface area contributed by atoms with Gasteiger partial charge < -0.3 is 19.4 Å². The van der Waals surface area contributed by atoms with E-state index in [1.54, 1.807) is 4.90 Å². The third-order valence-electron chi connectivity index (χ3n) is 5.01. The van der Waals surface area contributed by atoms with Crippen LogP contribution in [0.1, 0.15) is 19.3 Å². The van der Waals surface area contributed by atoms with E-state index in [-0.39, 0.29) is 31.3 Å². The number of alkyl halides is 3. The number of hydrogen-bond acceptors (Lipinski definition) is 3. The number of nitrogens with zero attached hydrogens (tertiary/aromatic N) is 3. The summed E-state index contributed by atoms with van der Waals surface area (Å²) < 4.78 is 43.7. The van der Waals surface area contributed by atoms with E-state index in [0.29, 0.717) is 45.7 Å². The van der Waals surface area contributed by atoms with E-state index in [2.05, 4.69) is 0 Å². The van der Waals surface area contributed by atoms with Crippen molar-refractivity contribution in [3.8, 4) is 0 Å². The van der Waals surface area contributed by atoms with Gasteiger partial charge in [-0.1, -0.05) is 0 Å². The topological polar surface area (TPSA) is 53.1 Å². The number of carbonyl (C=O) groups excluding carboxylic acids is 2. The number of halogens is 3. The molecule has 3 aliphatic rings. The lowest BCUT2D eigenvalue weighted by Crippen LogP contribution is -2.62. The molecule has 3 rings (SSSR count). The monoisotopic (exact) mass is 349 g/mol. The summed E-state index contributed by atoms with van der Waals surface area (Å²) in [5.41, 5.74) is 0. The summed E-state index contributed by atoms with van der Waals surface area (Å²) in [6.45, 7) is 2.81. The van der Waals surface area contributed by atoms with Gasteiger partial charge in [-0.05, 0) is 19.3 Å². The van der Waals surface area contributed by atoms with Crippen LogP contribution in [0, 0.1) is 5.92 Å². The maximum Gasteiger partial charge on any atom is 0.408 e. The number of urea groups is 1. The molecule has 9 heteroatoms. The van der Waals surface area contributed by atoms with Gasteiger partial charge in [-0.15, -0.1) is 0 Å². The van der Waals surface area contributed by atoms with Gasteiger partial charge in [0.1, 0.15) is 6.04 Å². The number of carbonyl (C=O) groups is 2. The van der Waals surface area contributed by atoms with E-state index >= 15 is 0 Å². The number of piperidine rings is 1. The molecule has 0 spiro atoms. The van der Waals surface area contributed by atoms with Crippen LogP contribution >= 0.6 is 0 Å². The van der Waals surface area contributed by atoms with Crippen molar-refractivity contribution in [3.63, 3.8) is 0 Å². The Labute approximate surface area is 138 Å². The maximum atomic E-state index is 12.8. The van der Waals surface area contributed by atoms with E-state index in [0.717, 1.165) is 4.90 Å². The Morgan fingerprint density at radius 1 is 0.958 bits per heavy atom. The van der Waals surface area contributed by atoms with Crippen molar-refractivity contribution in [1.29, 1.82) is 0 Å². The Kier molecular flexibility index (Phi) is 4.89. The molecule has 3 fully saturated rings. The number of likely N-dealkylation sites (tertiary alicyclic amines) is 2. The van der Waals surface area contributed by atoms with Gasteiger partial charge in [-0.25, -0.2) is 4.79 Å². The number of morpholine rings is 1. The third kappa shape index (κ3) is 3.45. The molecule has 136 valence electrons. The van der Waals surface area contributed by atoms with Crippen LogP contribution in [-0.2, 0) is 9.53 Å². The summed E-state index contributed by atoms with van der Waals surface area (Å²) in [6, 6.07) is -2.27. The van der Waals surface area contributed by atoms with Crippen LogP contribution < -0.4 is 0 Å². The Morgan fingerprint density at radius 2 is 1.67 bits per heavy atom. The minimum absolute atomic E-state index is 0.0215. The SMILES string of the molecule is O=C(C1CCCN(C(=O)N2CCC2C(F)(F)F)C1)N1CCOCC1. The number of ether oxygens (including phenoxy) is 1. The molecule has 2 atom stereocenters. The van der Waals surface area contributed by atoms with Gasteiger partial charge in [0, 0.05) is 32.7 Å². The van der Waals surface area contributed by atoms with E-state index in [1.807, 2.05) is 0 Å². The second-order valence-corrected chi connectivity index (χ2v) is 6.54. The zero-order valence-corrected chi connectivity index (χ0v) is 13.4. The van der Waals surface area contributed by atoms with E-state index in [9.17, 15) is 22.8 Å². The first-order chi connectivity index (χ1) is 11.4. The van der Waals surface area contributed by atoms with E-state index < -0.39 is 18.2 Å². The van der Waals surface area contributed by atoms with Crippen molar-refractivity contribution < 1.29 is 27.5 Å². The summed E-state index contributed by atoms with van der Waals surface area (Å²) in [4.78, 5) is 28.9. The first-order valence-electron chi connectivity index (χ1n) is 8.36. The predicted octanol–water partition coefficient (Wildman–Crippen LogP) is 1.31. The van der Waals surface area contributed by atoms with Crippen LogP contribution in [0.25, 0.3) is 0 Å². The number of rotatable bonds is 1. The maximum absolute atomic E-state index is 12.8. The van der Waals surface area contributed by atoms with Crippen LogP contribution in [0.15, 0.2) is 0 Å². The van der Waals surface area contributed by atoms with Gasteiger partial charge in [0.25, 0.3) is 0 Å². The lowest BCUT2D eigenvalue weighted by Gasteiger charge is -2.45. The predicted molar refractivity (Wildman–Crippen MR) is 78.3 cm³/mol. The van der Waals surface area contributed by atoms with Crippen LogP contribution in [0.3, 0.4) is 0 Å². The fraction of sp³-hybridized carbons (Fsp3) is 0.867.